The van der Waals surface area contributed by atoms with Crippen molar-refractivity contribution in [1.29, 1.82) is 0 Å². The van der Waals surface area contributed by atoms with Crippen molar-refractivity contribution >= 4 is 34.6 Å². The van der Waals surface area contributed by atoms with Gasteiger partial charge in [0.25, 0.3) is 0 Å². The Morgan fingerprint density at radius 3 is 1.48 bits per heavy atom. The van der Waals surface area contributed by atoms with Crippen LogP contribution in [0.2, 0.25) is 0 Å². The van der Waals surface area contributed by atoms with Gasteiger partial charge in [-0.15, -0.1) is 46.8 Å². The molecule has 0 spiro atoms. The molecular formula is C40H35PZr. The van der Waals surface area contributed by atoms with Crippen LogP contribution in [0.25, 0.3) is 10.8 Å². The minimum Gasteiger partial charge on any atom is -0.273 e. The predicted molar refractivity (Wildman–Crippen MR) is 180 cm³/mol. The zero-order valence-corrected chi connectivity index (χ0v) is 27.2. The van der Waals surface area contributed by atoms with E-state index in [9.17, 15) is 0 Å². The number of benzene rings is 5. The van der Waals surface area contributed by atoms with Gasteiger partial charge in [-0.1, -0.05) is 127 Å². The first-order valence-electron chi connectivity index (χ1n) is 14.2. The monoisotopic (exact) mass is 636 g/mol. The van der Waals surface area contributed by atoms with E-state index in [0.717, 1.165) is 19.3 Å². The van der Waals surface area contributed by atoms with Crippen LogP contribution in [0.15, 0.2) is 176 Å². The van der Waals surface area contributed by atoms with E-state index >= 15 is 0 Å². The molecule has 0 bridgehead atoms. The van der Waals surface area contributed by atoms with Crippen LogP contribution in [0.3, 0.4) is 0 Å². The van der Waals surface area contributed by atoms with Gasteiger partial charge in [0.15, 0.2) is 0 Å². The zero-order chi connectivity index (χ0) is 28.0. The Kier molecular flexibility index (Phi) is 13.1. The summed E-state index contributed by atoms with van der Waals surface area (Å²) in [5, 5.41) is 6.89. The molecule has 204 valence electrons. The number of hydrogen-bond donors (Lipinski definition) is 0. The number of hydrogen-bond acceptors (Lipinski definition) is 0. The molecule has 0 saturated heterocycles. The fourth-order valence-corrected chi connectivity index (χ4v) is 7.15. The fourth-order valence-electron chi connectivity index (χ4n) is 4.78. The van der Waals surface area contributed by atoms with Crippen LogP contribution in [-0.4, -0.2) is 0 Å². The van der Waals surface area contributed by atoms with E-state index < -0.39 is 7.92 Å². The SMILES string of the molecule is [C-]1=CC=CC1.[Zr+2].c1ccc(CCc2ccccc2)cc1.c1ccc(P(c2ccccc2)c2cc3ccccc3[cH-]2)cc1. The van der Waals surface area contributed by atoms with Crippen molar-refractivity contribution in [3.63, 3.8) is 0 Å². The minimum atomic E-state index is -0.493. The molecule has 0 amide bonds. The van der Waals surface area contributed by atoms with Crippen molar-refractivity contribution in [1.82, 2.24) is 0 Å². The summed E-state index contributed by atoms with van der Waals surface area (Å²) in [6.45, 7) is 0. The van der Waals surface area contributed by atoms with E-state index in [1.807, 2.05) is 12.2 Å². The molecule has 0 nitrogen and oxygen atoms in total. The molecule has 0 fully saturated rings. The molecule has 42 heavy (non-hydrogen) atoms. The number of fused-ring (bicyclic) bond motifs is 1. The van der Waals surface area contributed by atoms with Gasteiger partial charge in [-0.3, -0.25) is 6.08 Å². The fraction of sp³-hybridized carbons (Fsp3) is 0.0750. The minimum absolute atomic E-state index is 0. The van der Waals surface area contributed by atoms with Gasteiger partial charge in [-0.25, -0.2) is 12.2 Å². The van der Waals surface area contributed by atoms with Gasteiger partial charge in [0.05, 0.1) is 0 Å². The largest absolute Gasteiger partial charge is 2.00 e. The molecule has 1 aliphatic rings. The first-order valence-corrected chi connectivity index (χ1v) is 15.6. The summed E-state index contributed by atoms with van der Waals surface area (Å²) >= 11 is 0. The second-order valence-corrected chi connectivity index (χ2v) is 12.0. The van der Waals surface area contributed by atoms with E-state index in [1.54, 1.807) is 0 Å². The molecule has 6 aromatic carbocycles. The van der Waals surface area contributed by atoms with E-state index in [1.165, 1.54) is 37.8 Å². The molecule has 0 radical (unpaired) electrons. The standard InChI is InChI=1S/C21H16P.C14H14.C5H5.Zr/c1-3-11-19(12-4-1)22(20-13-5-2-6-14-20)21-15-17-9-7-8-10-18(17)16-21;1-3-7-13(8-4-1)11-12-14-9-5-2-6-10-14;1-2-4-5-3-1;/h1-16H;1-10H,11-12H2;1-3H,4H2;/q-1;;-1;+2. The third kappa shape index (κ3) is 9.52. The summed E-state index contributed by atoms with van der Waals surface area (Å²) in [7, 11) is -0.493. The van der Waals surface area contributed by atoms with Gasteiger partial charge in [0.1, 0.15) is 0 Å². The molecule has 0 unspecified atom stereocenters. The number of rotatable bonds is 6. The third-order valence-electron chi connectivity index (χ3n) is 6.86. The van der Waals surface area contributed by atoms with Crippen LogP contribution in [0.5, 0.6) is 0 Å². The molecule has 0 heterocycles. The first-order chi connectivity index (χ1) is 20.4. The maximum atomic E-state index is 2.99. The van der Waals surface area contributed by atoms with Crippen LogP contribution in [0.4, 0.5) is 0 Å². The van der Waals surface area contributed by atoms with E-state index in [2.05, 4.69) is 170 Å². The van der Waals surface area contributed by atoms with Gasteiger partial charge in [-0.2, -0.15) is 12.1 Å². The molecule has 1 aliphatic carbocycles. The van der Waals surface area contributed by atoms with Gasteiger partial charge in [-0.05, 0) is 42.5 Å². The summed E-state index contributed by atoms with van der Waals surface area (Å²) in [5.74, 6) is 0. The van der Waals surface area contributed by atoms with Gasteiger partial charge in [0, 0.05) is 0 Å². The molecular weight excluding hydrogens is 603 g/mol. The Morgan fingerprint density at radius 1 is 0.571 bits per heavy atom. The van der Waals surface area contributed by atoms with E-state index in [4.69, 9.17) is 0 Å². The van der Waals surface area contributed by atoms with Crippen molar-refractivity contribution in [2.45, 2.75) is 19.3 Å². The summed E-state index contributed by atoms with van der Waals surface area (Å²) in [6, 6.07) is 56.3. The van der Waals surface area contributed by atoms with Crippen LogP contribution >= 0.6 is 7.92 Å². The van der Waals surface area contributed by atoms with Crippen LogP contribution < -0.4 is 15.9 Å². The molecule has 0 aliphatic heterocycles. The van der Waals surface area contributed by atoms with E-state index in [-0.39, 0.29) is 26.2 Å². The Hall–Kier alpha value is -3.50. The van der Waals surface area contributed by atoms with Crippen molar-refractivity contribution in [3.8, 4) is 0 Å². The smallest absolute Gasteiger partial charge is 0.273 e. The van der Waals surface area contributed by atoms with Crippen molar-refractivity contribution in [2.24, 2.45) is 0 Å². The molecule has 0 saturated carbocycles. The Labute approximate surface area is 271 Å². The van der Waals surface area contributed by atoms with Crippen molar-refractivity contribution in [3.05, 3.63) is 193 Å². The van der Waals surface area contributed by atoms with Gasteiger partial charge < -0.3 is 0 Å². The van der Waals surface area contributed by atoms with Crippen LogP contribution in [0, 0.1) is 6.08 Å². The Bertz CT molecular complexity index is 1510. The molecule has 2 heteroatoms. The van der Waals surface area contributed by atoms with Crippen molar-refractivity contribution in [2.75, 3.05) is 0 Å². The molecule has 6 aromatic rings. The average molecular weight is 638 g/mol. The van der Waals surface area contributed by atoms with E-state index in [0.29, 0.717) is 0 Å². The summed E-state index contributed by atoms with van der Waals surface area (Å²) in [5.41, 5.74) is 2.83. The number of allylic oxidation sites excluding steroid dienone is 4. The summed E-state index contributed by atoms with van der Waals surface area (Å²) < 4.78 is 0. The van der Waals surface area contributed by atoms with Gasteiger partial charge >= 0.3 is 26.2 Å². The Balaban J connectivity index is 0.000000173. The molecule has 0 N–H and O–H groups in total. The second-order valence-electron chi connectivity index (χ2n) is 9.82. The quantitative estimate of drug-likeness (QED) is 0.126. The molecule has 0 atom stereocenters. The third-order valence-corrected chi connectivity index (χ3v) is 9.27. The van der Waals surface area contributed by atoms with Gasteiger partial charge in [0.2, 0.25) is 0 Å². The summed E-state index contributed by atoms with van der Waals surface area (Å²) in [4.78, 5) is 0. The number of aryl methyl sites for hydroxylation is 2. The zero-order valence-electron chi connectivity index (χ0n) is 23.8. The second kappa shape index (κ2) is 17.5. The summed E-state index contributed by atoms with van der Waals surface area (Å²) in [6.07, 6.45) is 12.3. The van der Waals surface area contributed by atoms with Crippen LogP contribution in [-0.2, 0) is 39.0 Å². The molecule has 0 aromatic heterocycles. The average Bonchev–Trinajstić information content (AvgIpc) is 3.77. The Morgan fingerprint density at radius 2 is 1.05 bits per heavy atom. The predicted octanol–water partition coefficient (Wildman–Crippen LogP) is 9.09. The topological polar surface area (TPSA) is 0 Å². The first kappa shape index (κ1) is 31.4. The maximum Gasteiger partial charge on any atom is 2.00 e. The maximum absolute atomic E-state index is 2.99. The van der Waals surface area contributed by atoms with Crippen molar-refractivity contribution < 1.29 is 26.2 Å². The normalized spacial score (nSPS) is 11.3. The van der Waals surface area contributed by atoms with Crippen LogP contribution in [0.1, 0.15) is 17.5 Å². The molecule has 7 rings (SSSR count).